The Balaban J connectivity index is 2.43. The van der Waals surface area contributed by atoms with Gasteiger partial charge in [-0.1, -0.05) is 99.6 Å². The molecule has 0 saturated carbocycles. The second kappa shape index (κ2) is 9.89. The van der Waals surface area contributed by atoms with Crippen LogP contribution in [0.1, 0.15) is 120 Å². The maximum atomic E-state index is 9.45. The molecule has 0 unspecified atom stereocenters. The molecule has 3 rings (SSSR count). The molecule has 0 fully saturated rings. The van der Waals surface area contributed by atoms with Crippen molar-refractivity contribution in [3.05, 3.63) is 81.4 Å². The van der Waals surface area contributed by atoms with Gasteiger partial charge >= 0.3 is 0 Å². The molecule has 0 bridgehead atoms. The van der Waals surface area contributed by atoms with Gasteiger partial charge in [-0.3, -0.25) is 0 Å². The van der Waals surface area contributed by atoms with Crippen LogP contribution in [0, 0.1) is 25.2 Å². The van der Waals surface area contributed by atoms with Gasteiger partial charge in [-0.25, -0.2) is 0 Å². The molecule has 0 spiro atoms. The highest BCUT2D eigenvalue weighted by atomic mass is 14.3. The zero-order chi connectivity index (χ0) is 27.2. The molecule has 0 aromatic heterocycles. The van der Waals surface area contributed by atoms with Crippen LogP contribution in [-0.2, 0) is 10.8 Å². The summed E-state index contributed by atoms with van der Waals surface area (Å²) in [6, 6.07) is 18.4. The number of benzene rings is 3. The Morgan fingerprint density at radius 2 is 0.972 bits per heavy atom. The molecule has 0 aliphatic carbocycles. The average molecular weight is 480 g/mol. The summed E-state index contributed by atoms with van der Waals surface area (Å²) in [7, 11) is 0. The third kappa shape index (κ3) is 5.59. The smallest absolute Gasteiger partial charge is 0.0991 e. The molecule has 0 aliphatic rings. The largest absolute Gasteiger partial charge is 0.192 e. The second-order valence-electron chi connectivity index (χ2n) is 13.2. The molecule has 1 nitrogen and oxygen atoms in total. The van der Waals surface area contributed by atoms with E-state index in [0.717, 1.165) is 16.7 Å². The summed E-state index contributed by atoms with van der Waals surface area (Å²) in [5.41, 5.74) is 14.0. The first-order chi connectivity index (χ1) is 16.5. The number of hydrogen-bond donors (Lipinski definition) is 0. The summed E-state index contributed by atoms with van der Waals surface area (Å²) in [5.74, 6) is 0.764. The molecule has 190 valence electrons. The van der Waals surface area contributed by atoms with Crippen LogP contribution in [0.2, 0.25) is 0 Å². The fourth-order valence-corrected chi connectivity index (χ4v) is 5.20. The van der Waals surface area contributed by atoms with Crippen LogP contribution in [0.15, 0.2) is 42.5 Å². The van der Waals surface area contributed by atoms with Crippen LogP contribution in [0.25, 0.3) is 22.3 Å². The van der Waals surface area contributed by atoms with Crippen molar-refractivity contribution in [1.29, 1.82) is 5.26 Å². The van der Waals surface area contributed by atoms with Gasteiger partial charge in [-0.15, -0.1) is 0 Å². The minimum atomic E-state index is 0.0721. The lowest BCUT2D eigenvalue weighted by molar-refractivity contribution is 0.569. The Hall–Kier alpha value is -2.85. The highest BCUT2D eigenvalue weighted by Crippen LogP contribution is 2.43. The minimum Gasteiger partial charge on any atom is -0.192 e. The normalized spacial score (nSPS) is 12.4. The van der Waals surface area contributed by atoms with E-state index in [1.54, 1.807) is 0 Å². The van der Waals surface area contributed by atoms with Crippen LogP contribution in [-0.4, -0.2) is 0 Å². The predicted molar refractivity (Wildman–Crippen MR) is 157 cm³/mol. The van der Waals surface area contributed by atoms with Gasteiger partial charge in [0.05, 0.1) is 11.6 Å². The Bertz CT molecular complexity index is 1230. The first-order valence-electron chi connectivity index (χ1n) is 13.4. The average Bonchev–Trinajstić information content (AvgIpc) is 2.76. The molecular formula is C35H45N. The lowest BCUT2D eigenvalue weighted by Crippen LogP contribution is -2.17. The Morgan fingerprint density at radius 1 is 0.583 bits per heavy atom. The van der Waals surface area contributed by atoms with Crippen molar-refractivity contribution in [3.8, 4) is 28.3 Å². The summed E-state index contributed by atoms with van der Waals surface area (Å²) in [6.07, 6.45) is 0. The van der Waals surface area contributed by atoms with Crippen LogP contribution in [0.5, 0.6) is 0 Å². The van der Waals surface area contributed by atoms with Crippen molar-refractivity contribution < 1.29 is 0 Å². The zero-order valence-electron chi connectivity index (χ0n) is 24.6. The van der Waals surface area contributed by atoms with E-state index in [0.29, 0.717) is 11.8 Å². The van der Waals surface area contributed by atoms with Crippen LogP contribution < -0.4 is 0 Å². The van der Waals surface area contributed by atoms with Crippen molar-refractivity contribution in [2.24, 2.45) is 0 Å². The molecule has 0 atom stereocenters. The highest BCUT2D eigenvalue weighted by Gasteiger charge is 2.24. The van der Waals surface area contributed by atoms with Crippen molar-refractivity contribution in [2.45, 2.75) is 106 Å². The number of hydrogen-bond acceptors (Lipinski definition) is 1. The minimum absolute atomic E-state index is 0.0721. The van der Waals surface area contributed by atoms with E-state index >= 15 is 0 Å². The molecule has 36 heavy (non-hydrogen) atoms. The van der Waals surface area contributed by atoms with Crippen LogP contribution in [0.4, 0.5) is 0 Å². The first-order valence-corrected chi connectivity index (χ1v) is 13.4. The lowest BCUT2D eigenvalue weighted by Gasteiger charge is -2.29. The Kier molecular flexibility index (Phi) is 7.62. The van der Waals surface area contributed by atoms with E-state index in [4.69, 9.17) is 0 Å². The molecule has 0 saturated heterocycles. The Morgan fingerprint density at radius 3 is 1.31 bits per heavy atom. The lowest BCUT2D eigenvalue weighted by atomic mass is 9.76. The molecular weight excluding hydrogens is 434 g/mol. The molecule has 0 amide bonds. The quantitative estimate of drug-likeness (QED) is 0.365. The van der Waals surface area contributed by atoms with E-state index in [-0.39, 0.29) is 10.8 Å². The number of nitriles is 1. The maximum absolute atomic E-state index is 9.45. The number of nitrogens with zero attached hydrogens (tertiary/aromatic N) is 1. The van der Waals surface area contributed by atoms with E-state index < -0.39 is 0 Å². The summed E-state index contributed by atoms with van der Waals surface area (Å²) in [4.78, 5) is 0. The predicted octanol–water partition coefficient (Wildman–Crippen LogP) is 10.4. The fraction of sp³-hybridized carbons (Fsp3) is 0.457. The van der Waals surface area contributed by atoms with Crippen molar-refractivity contribution in [3.63, 3.8) is 0 Å². The topological polar surface area (TPSA) is 23.8 Å². The van der Waals surface area contributed by atoms with Crippen molar-refractivity contribution in [1.82, 2.24) is 0 Å². The molecule has 0 aliphatic heterocycles. The number of aryl methyl sites for hydroxylation is 2. The first kappa shape index (κ1) is 27.7. The third-order valence-corrected chi connectivity index (χ3v) is 7.35. The van der Waals surface area contributed by atoms with E-state index in [9.17, 15) is 5.26 Å². The van der Waals surface area contributed by atoms with Gasteiger partial charge in [0.1, 0.15) is 0 Å². The summed E-state index contributed by atoms with van der Waals surface area (Å²) < 4.78 is 0. The molecule has 0 N–H and O–H groups in total. The van der Waals surface area contributed by atoms with E-state index in [1.807, 2.05) is 12.1 Å². The standard InChI is InChI=1S/C35H45N/c1-21(2)30-17-27(32-23(5)13-25(20-36)14-24(32)6)18-31(22(3)4)33(30)26-15-28(34(7,8)9)19-29(16-26)35(10,11)12/h13-19,21-22H,1-12H3. The summed E-state index contributed by atoms with van der Waals surface area (Å²) in [5, 5.41) is 9.45. The van der Waals surface area contributed by atoms with Crippen molar-refractivity contribution >= 4 is 0 Å². The number of rotatable bonds is 4. The molecule has 3 aromatic rings. The van der Waals surface area contributed by atoms with Crippen LogP contribution >= 0.6 is 0 Å². The van der Waals surface area contributed by atoms with Gasteiger partial charge in [-0.05, 0) is 104 Å². The summed E-state index contributed by atoms with van der Waals surface area (Å²) >= 11 is 0. The van der Waals surface area contributed by atoms with Gasteiger partial charge < -0.3 is 0 Å². The van der Waals surface area contributed by atoms with Gasteiger partial charge in [0, 0.05) is 0 Å². The molecule has 1 heteroatoms. The molecule has 0 heterocycles. The van der Waals surface area contributed by atoms with Crippen molar-refractivity contribution in [2.75, 3.05) is 0 Å². The zero-order valence-corrected chi connectivity index (χ0v) is 24.6. The van der Waals surface area contributed by atoms with Gasteiger partial charge in [-0.2, -0.15) is 5.26 Å². The fourth-order valence-electron chi connectivity index (χ4n) is 5.20. The van der Waals surface area contributed by atoms with E-state index in [1.165, 1.54) is 44.5 Å². The van der Waals surface area contributed by atoms with Gasteiger partial charge in [0.25, 0.3) is 0 Å². The van der Waals surface area contributed by atoms with Crippen LogP contribution in [0.3, 0.4) is 0 Å². The molecule has 3 aromatic carbocycles. The second-order valence-corrected chi connectivity index (χ2v) is 13.2. The Labute approximate surface area is 220 Å². The highest BCUT2D eigenvalue weighted by molar-refractivity contribution is 5.81. The van der Waals surface area contributed by atoms with Gasteiger partial charge in [0.2, 0.25) is 0 Å². The molecule has 0 radical (unpaired) electrons. The van der Waals surface area contributed by atoms with E-state index in [2.05, 4.69) is 119 Å². The maximum Gasteiger partial charge on any atom is 0.0991 e. The third-order valence-electron chi connectivity index (χ3n) is 7.35. The summed E-state index contributed by atoms with van der Waals surface area (Å²) in [6.45, 7) is 27.4. The van der Waals surface area contributed by atoms with Gasteiger partial charge in [0.15, 0.2) is 0 Å². The monoisotopic (exact) mass is 479 g/mol. The SMILES string of the molecule is Cc1cc(C#N)cc(C)c1-c1cc(C(C)C)c(-c2cc(C(C)(C)C)cc(C(C)(C)C)c2)c(C(C)C)c1.